The van der Waals surface area contributed by atoms with Crippen LogP contribution in [0.1, 0.15) is 35.8 Å². The maximum Gasteiger partial charge on any atom is 0.253 e. The second kappa shape index (κ2) is 6.88. The average Bonchev–Trinajstić information content (AvgIpc) is 3.03. The van der Waals surface area contributed by atoms with Gasteiger partial charge in [0.1, 0.15) is 5.52 Å². The third kappa shape index (κ3) is 3.45. The van der Waals surface area contributed by atoms with Gasteiger partial charge in [0, 0.05) is 18.8 Å². The van der Waals surface area contributed by atoms with E-state index in [-0.39, 0.29) is 24.2 Å². The number of methoxy groups -OCH3 is 1. The topological polar surface area (TPSA) is 69.0 Å². The van der Waals surface area contributed by atoms with Crippen LogP contribution in [0.4, 0.5) is 4.39 Å². The van der Waals surface area contributed by atoms with Gasteiger partial charge >= 0.3 is 0 Å². The molecule has 7 heteroatoms. The number of hydrogen-bond donors (Lipinski definition) is 1. The number of carbonyl (C=O) groups excluding carboxylic acids is 1. The van der Waals surface area contributed by atoms with Crippen LogP contribution in [0, 0.1) is 5.82 Å². The van der Waals surface area contributed by atoms with E-state index in [2.05, 4.69) is 15.3 Å². The summed E-state index contributed by atoms with van der Waals surface area (Å²) in [4.78, 5) is 20.9. The molecule has 0 saturated carbocycles. The lowest BCUT2D eigenvalue weighted by Gasteiger charge is -2.08. The number of amides is 1. The molecule has 0 radical (unpaired) electrons. The van der Waals surface area contributed by atoms with Gasteiger partial charge in [0.25, 0.3) is 5.91 Å². The van der Waals surface area contributed by atoms with E-state index in [4.69, 9.17) is 4.74 Å². The molecule has 25 heavy (non-hydrogen) atoms. The molecule has 130 valence electrons. The second-order valence-corrected chi connectivity index (χ2v) is 5.96. The van der Waals surface area contributed by atoms with Gasteiger partial charge < -0.3 is 14.6 Å². The SMILES string of the molecule is COc1ccc(CNC(=O)c2cnc3c(c2)ncn3C(C)C)cc1F. The molecule has 0 aliphatic heterocycles. The largest absolute Gasteiger partial charge is 0.494 e. The first-order valence-corrected chi connectivity index (χ1v) is 7.92. The van der Waals surface area contributed by atoms with Crippen LogP contribution in [0.3, 0.4) is 0 Å². The molecule has 1 N–H and O–H groups in total. The van der Waals surface area contributed by atoms with Crippen LogP contribution < -0.4 is 10.1 Å². The van der Waals surface area contributed by atoms with E-state index in [1.165, 1.54) is 25.4 Å². The van der Waals surface area contributed by atoms with Crippen LogP contribution >= 0.6 is 0 Å². The van der Waals surface area contributed by atoms with Crippen molar-refractivity contribution < 1.29 is 13.9 Å². The number of nitrogens with zero attached hydrogens (tertiary/aromatic N) is 3. The summed E-state index contributed by atoms with van der Waals surface area (Å²) >= 11 is 0. The number of halogens is 1. The third-order valence-electron chi connectivity index (χ3n) is 3.90. The van der Waals surface area contributed by atoms with Crippen LogP contribution in [0.5, 0.6) is 5.75 Å². The first kappa shape index (κ1) is 16.9. The van der Waals surface area contributed by atoms with Gasteiger partial charge in [0.15, 0.2) is 17.2 Å². The summed E-state index contributed by atoms with van der Waals surface area (Å²) in [7, 11) is 1.41. The van der Waals surface area contributed by atoms with Gasteiger partial charge in [-0.2, -0.15) is 0 Å². The van der Waals surface area contributed by atoms with Gasteiger partial charge in [0.05, 0.1) is 19.0 Å². The molecule has 0 saturated heterocycles. The zero-order valence-electron chi connectivity index (χ0n) is 14.3. The van der Waals surface area contributed by atoms with E-state index in [9.17, 15) is 9.18 Å². The van der Waals surface area contributed by atoms with Crippen LogP contribution in [0.2, 0.25) is 0 Å². The van der Waals surface area contributed by atoms with Gasteiger partial charge in [0.2, 0.25) is 0 Å². The second-order valence-electron chi connectivity index (χ2n) is 5.96. The molecule has 0 bridgehead atoms. The van der Waals surface area contributed by atoms with Crippen molar-refractivity contribution in [3.8, 4) is 5.75 Å². The minimum absolute atomic E-state index is 0.172. The number of benzene rings is 1. The molecule has 0 spiro atoms. The summed E-state index contributed by atoms with van der Waals surface area (Å²) in [5, 5.41) is 2.75. The molecule has 1 aromatic carbocycles. The third-order valence-corrected chi connectivity index (χ3v) is 3.90. The summed E-state index contributed by atoms with van der Waals surface area (Å²) < 4.78 is 20.5. The maximum absolute atomic E-state index is 13.7. The molecular weight excluding hydrogens is 323 g/mol. The molecule has 0 aliphatic rings. The van der Waals surface area contributed by atoms with Gasteiger partial charge in [-0.15, -0.1) is 0 Å². The van der Waals surface area contributed by atoms with E-state index in [1.54, 1.807) is 18.5 Å². The Morgan fingerprint density at radius 2 is 2.12 bits per heavy atom. The van der Waals surface area contributed by atoms with Crippen molar-refractivity contribution in [2.24, 2.45) is 0 Å². The Kier molecular flexibility index (Phi) is 4.65. The average molecular weight is 342 g/mol. The minimum Gasteiger partial charge on any atom is -0.494 e. The summed E-state index contributed by atoms with van der Waals surface area (Å²) in [6, 6.07) is 6.51. The lowest BCUT2D eigenvalue weighted by molar-refractivity contribution is 0.0950. The van der Waals surface area contributed by atoms with Crippen LogP contribution in [0.25, 0.3) is 11.2 Å². The Morgan fingerprint density at radius 3 is 2.80 bits per heavy atom. The van der Waals surface area contributed by atoms with Crippen molar-refractivity contribution in [2.45, 2.75) is 26.4 Å². The van der Waals surface area contributed by atoms with Crippen molar-refractivity contribution in [3.63, 3.8) is 0 Å². The number of imidazole rings is 1. The fraction of sp³-hybridized carbons (Fsp3) is 0.278. The number of hydrogen-bond acceptors (Lipinski definition) is 4. The zero-order valence-corrected chi connectivity index (χ0v) is 14.3. The van der Waals surface area contributed by atoms with Crippen molar-refractivity contribution in [1.29, 1.82) is 0 Å². The molecule has 2 heterocycles. The van der Waals surface area contributed by atoms with Gasteiger partial charge in [-0.05, 0) is 37.6 Å². The number of pyridine rings is 1. The van der Waals surface area contributed by atoms with Crippen LogP contribution in [0.15, 0.2) is 36.8 Å². The van der Waals surface area contributed by atoms with Crippen molar-refractivity contribution in [3.05, 3.63) is 53.7 Å². The maximum atomic E-state index is 13.7. The molecular formula is C18H19FN4O2. The van der Waals surface area contributed by atoms with Gasteiger partial charge in [-0.25, -0.2) is 14.4 Å². The summed E-state index contributed by atoms with van der Waals surface area (Å²) in [6.45, 7) is 4.28. The highest BCUT2D eigenvalue weighted by atomic mass is 19.1. The molecule has 0 fully saturated rings. The Hall–Kier alpha value is -2.96. The zero-order chi connectivity index (χ0) is 18.0. The Balaban J connectivity index is 1.73. The molecule has 0 atom stereocenters. The predicted molar refractivity (Wildman–Crippen MR) is 92.0 cm³/mol. The number of ether oxygens (including phenoxy) is 1. The molecule has 2 aromatic heterocycles. The highest BCUT2D eigenvalue weighted by Crippen LogP contribution is 2.18. The molecule has 3 rings (SSSR count). The molecule has 1 amide bonds. The number of aromatic nitrogens is 3. The highest BCUT2D eigenvalue weighted by Gasteiger charge is 2.12. The smallest absolute Gasteiger partial charge is 0.253 e. The first-order valence-electron chi connectivity index (χ1n) is 7.92. The monoisotopic (exact) mass is 342 g/mol. The van der Waals surface area contributed by atoms with Crippen molar-refractivity contribution in [2.75, 3.05) is 7.11 Å². The summed E-state index contributed by atoms with van der Waals surface area (Å²) in [6.07, 6.45) is 3.23. The van der Waals surface area contributed by atoms with E-state index >= 15 is 0 Å². The lowest BCUT2D eigenvalue weighted by atomic mass is 10.2. The van der Waals surface area contributed by atoms with E-state index in [0.717, 1.165) is 5.65 Å². The van der Waals surface area contributed by atoms with E-state index < -0.39 is 5.82 Å². The minimum atomic E-state index is -0.462. The standard InChI is InChI=1S/C18H19FN4O2/c1-11(2)23-10-22-15-7-13(9-20-17(15)23)18(24)21-8-12-4-5-16(25-3)14(19)6-12/h4-7,9-11H,8H2,1-3H3,(H,21,24). The fourth-order valence-corrected chi connectivity index (χ4v) is 2.53. The Labute approximate surface area is 144 Å². The highest BCUT2D eigenvalue weighted by molar-refractivity contribution is 5.96. The Bertz CT molecular complexity index is 921. The molecule has 3 aromatic rings. The van der Waals surface area contributed by atoms with Crippen LogP contribution in [-0.4, -0.2) is 27.6 Å². The first-order chi connectivity index (χ1) is 12.0. The quantitative estimate of drug-likeness (QED) is 0.774. The molecule has 0 unspecified atom stereocenters. The number of nitrogens with one attached hydrogen (secondary N) is 1. The van der Waals surface area contributed by atoms with Crippen LogP contribution in [-0.2, 0) is 6.54 Å². The van der Waals surface area contributed by atoms with Crippen molar-refractivity contribution in [1.82, 2.24) is 19.9 Å². The van der Waals surface area contributed by atoms with E-state index in [1.807, 2.05) is 18.4 Å². The lowest BCUT2D eigenvalue weighted by Crippen LogP contribution is -2.23. The number of rotatable bonds is 5. The number of fused-ring (bicyclic) bond motifs is 1. The normalized spacial score (nSPS) is 11.1. The number of carbonyl (C=O) groups is 1. The van der Waals surface area contributed by atoms with E-state index in [0.29, 0.717) is 16.6 Å². The fourth-order valence-electron chi connectivity index (χ4n) is 2.53. The molecule has 0 aliphatic carbocycles. The molecule has 6 nitrogen and oxygen atoms in total. The summed E-state index contributed by atoms with van der Waals surface area (Å²) in [5.74, 6) is -0.577. The Morgan fingerprint density at radius 1 is 1.32 bits per heavy atom. The predicted octanol–water partition coefficient (Wildman–Crippen LogP) is 3.09. The summed E-state index contributed by atoms with van der Waals surface area (Å²) in [5.41, 5.74) is 2.46. The van der Waals surface area contributed by atoms with Gasteiger partial charge in [-0.3, -0.25) is 4.79 Å². The van der Waals surface area contributed by atoms with Crippen molar-refractivity contribution >= 4 is 17.1 Å². The van der Waals surface area contributed by atoms with Gasteiger partial charge in [-0.1, -0.05) is 6.07 Å².